The first kappa shape index (κ1) is 22.1. The molecular formula is C19H24N2O6. The van der Waals surface area contributed by atoms with E-state index < -0.39 is 18.0 Å². The summed E-state index contributed by atoms with van der Waals surface area (Å²) >= 11 is 0. The van der Waals surface area contributed by atoms with Gasteiger partial charge in [0.05, 0.1) is 0 Å². The molecule has 1 unspecified atom stereocenters. The number of aliphatic hydroxyl groups excluding tert-OH is 1. The summed E-state index contributed by atoms with van der Waals surface area (Å²) in [6.07, 6.45) is 2.30. The van der Waals surface area contributed by atoms with Gasteiger partial charge in [-0.05, 0) is 17.5 Å². The number of carbonyl (C=O) groups is 2. The first-order valence-electron chi connectivity index (χ1n) is 8.31. The maximum atomic E-state index is 9.82. The highest BCUT2D eigenvalue weighted by atomic mass is 16.5. The number of hydrogen-bond acceptors (Lipinski definition) is 6. The number of fused-ring (bicyclic) bond motifs is 1. The molecule has 0 amide bonds. The van der Waals surface area contributed by atoms with Gasteiger partial charge in [0, 0.05) is 36.3 Å². The highest BCUT2D eigenvalue weighted by Crippen LogP contribution is 2.22. The Hall–Kier alpha value is -2.97. The second-order valence-electron chi connectivity index (χ2n) is 5.87. The largest absolute Gasteiger partial charge is 0.478 e. The molecule has 1 aromatic heterocycles. The fourth-order valence-electron chi connectivity index (χ4n) is 1.96. The molecule has 2 rings (SSSR count). The van der Waals surface area contributed by atoms with Crippen molar-refractivity contribution in [2.45, 2.75) is 26.0 Å². The fraction of sp³-hybridized carbons (Fsp3) is 0.316. The molecule has 0 radical (unpaired) electrons. The number of pyridine rings is 1. The van der Waals surface area contributed by atoms with Crippen LogP contribution >= 0.6 is 0 Å². The monoisotopic (exact) mass is 376 g/mol. The van der Waals surface area contributed by atoms with E-state index in [4.69, 9.17) is 14.9 Å². The van der Waals surface area contributed by atoms with Gasteiger partial charge in [0.2, 0.25) is 5.88 Å². The maximum absolute atomic E-state index is 9.82. The van der Waals surface area contributed by atoms with Crippen LogP contribution in [-0.2, 0) is 9.59 Å². The van der Waals surface area contributed by atoms with Crippen LogP contribution in [0.5, 0.6) is 5.88 Å². The average Bonchev–Trinajstić information content (AvgIpc) is 2.63. The first-order chi connectivity index (χ1) is 12.8. The van der Waals surface area contributed by atoms with Crippen molar-refractivity contribution < 1.29 is 29.6 Å². The number of aliphatic hydroxyl groups is 1. The van der Waals surface area contributed by atoms with E-state index in [0.717, 1.165) is 10.8 Å². The molecule has 8 heteroatoms. The molecule has 0 aliphatic rings. The quantitative estimate of drug-likeness (QED) is 0.512. The lowest BCUT2D eigenvalue weighted by molar-refractivity contribution is -0.134. The SMILES string of the molecule is CC(C)NCC(O)COc1nccc2ccccc12.O=C(O)/C=C\C(=O)O. The minimum absolute atomic E-state index is 0.237. The predicted molar refractivity (Wildman–Crippen MR) is 101 cm³/mol. The number of benzene rings is 1. The molecule has 4 N–H and O–H groups in total. The van der Waals surface area contributed by atoms with Crippen molar-refractivity contribution in [3.63, 3.8) is 0 Å². The normalized spacial score (nSPS) is 11.9. The standard InChI is InChI=1S/C15H20N2O2.C4H4O4/c1-11(2)17-9-13(18)10-19-15-14-6-4-3-5-12(14)7-8-16-15;5-3(6)1-2-4(7)8/h3-8,11,13,17-18H,9-10H2,1-2H3;1-2H,(H,5,6)(H,7,8)/b;2-1-. The number of rotatable bonds is 8. The van der Waals surface area contributed by atoms with Crippen molar-refractivity contribution in [1.82, 2.24) is 10.3 Å². The predicted octanol–water partition coefficient (Wildman–Crippen LogP) is 1.68. The zero-order valence-electron chi connectivity index (χ0n) is 15.2. The molecule has 8 nitrogen and oxygen atoms in total. The van der Waals surface area contributed by atoms with Gasteiger partial charge in [0.1, 0.15) is 12.7 Å². The zero-order chi connectivity index (χ0) is 20.2. The molecule has 1 heterocycles. The Bertz CT molecular complexity index is 754. The van der Waals surface area contributed by atoms with E-state index in [2.05, 4.69) is 10.3 Å². The van der Waals surface area contributed by atoms with Crippen LogP contribution in [0.2, 0.25) is 0 Å². The molecule has 1 atom stereocenters. The third-order valence-electron chi connectivity index (χ3n) is 3.18. The lowest BCUT2D eigenvalue weighted by atomic mass is 10.2. The summed E-state index contributed by atoms with van der Waals surface area (Å²) in [5.41, 5.74) is 0. The number of nitrogens with zero attached hydrogens (tertiary/aromatic N) is 1. The summed E-state index contributed by atoms with van der Waals surface area (Å²) in [5, 5.41) is 30.7. The Morgan fingerprint density at radius 1 is 1.15 bits per heavy atom. The van der Waals surface area contributed by atoms with Crippen molar-refractivity contribution in [3.8, 4) is 5.88 Å². The van der Waals surface area contributed by atoms with E-state index in [1.54, 1.807) is 6.20 Å². The molecule has 0 spiro atoms. The number of carboxylic acids is 2. The molecule has 146 valence electrons. The molecule has 0 fully saturated rings. The molecule has 0 saturated heterocycles. The van der Waals surface area contributed by atoms with Gasteiger partial charge in [-0.1, -0.05) is 32.0 Å². The molecule has 1 aromatic carbocycles. The Kier molecular flexibility index (Phi) is 9.49. The number of ether oxygens (including phenoxy) is 1. The number of carboxylic acid groups (broad SMARTS) is 2. The smallest absolute Gasteiger partial charge is 0.328 e. The molecule has 0 aliphatic heterocycles. The van der Waals surface area contributed by atoms with Crippen LogP contribution in [0.3, 0.4) is 0 Å². The third-order valence-corrected chi connectivity index (χ3v) is 3.18. The van der Waals surface area contributed by atoms with Crippen LogP contribution in [-0.4, -0.2) is 57.5 Å². The number of nitrogens with one attached hydrogen (secondary N) is 1. The summed E-state index contributed by atoms with van der Waals surface area (Å²) in [4.78, 5) is 23.3. The first-order valence-corrected chi connectivity index (χ1v) is 8.31. The van der Waals surface area contributed by atoms with Gasteiger partial charge in [0.15, 0.2) is 0 Å². The van der Waals surface area contributed by atoms with Gasteiger partial charge in [-0.25, -0.2) is 14.6 Å². The summed E-state index contributed by atoms with van der Waals surface area (Å²) in [5.74, 6) is -1.94. The van der Waals surface area contributed by atoms with Gasteiger partial charge in [-0.2, -0.15) is 0 Å². The molecule has 2 aromatic rings. The van der Waals surface area contributed by atoms with Crippen molar-refractivity contribution in [3.05, 3.63) is 48.7 Å². The Balaban J connectivity index is 0.000000387. The molecule has 27 heavy (non-hydrogen) atoms. The lowest BCUT2D eigenvalue weighted by Crippen LogP contribution is -2.35. The third kappa shape index (κ3) is 9.34. The Morgan fingerprint density at radius 2 is 1.78 bits per heavy atom. The van der Waals surface area contributed by atoms with Crippen LogP contribution in [0.15, 0.2) is 48.7 Å². The van der Waals surface area contributed by atoms with Crippen molar-refractivity contribution in [2.24, 2.45) is 0 Å². The fourth-order valence-corrected chi connectivity index (χ4v) is 1.96. The zero-order valence-corrected chi connectivity index (χ0v) is 15.2. The number of aliphatic carboxylic acids is 2. The van der Waals surface area contributed by atoms with Crippen LogP contribution in [0.25, 0.3) is 10.8 Å². The van der Waals surface area contributed by atoms with Crippen molar-refractivity contribution in [2.75, 3.05) is 13.2 Å². The molecule has 0 saturated carbocycles. The maximum Gasteiger partial charge on any atom is 0.328 e. The summed E-state index contributed by atoms with van der Waals surface area (Å²) in [6.45, 7) is 4.84. The average molecular weight is 376 g/mol. The van der Waals surface area contributed by atoms with E-state index in [1.165, 1.54) is 0 Å². The summed E-state index contributed by atoms with van der Waals surface area (Å²) in [6, 6.07) is 10.2. The van der Waals surface area contributed by atoms with Crippen LogP contribution in [0.4, 0.5) is 0 Å². The van der Waals surface area contributed by atoms with Crippen molar-refractivity contribution in [1.29, 1.82) is 0 Å². The molecule has 0 aliphatic carbocycles. The van der Waals surface area contributed by atoms with E-state index in [0.29, 0.717) is 30.6 Å². The van der Waals surface area contributed by atoms with Crippen LogP contribution in [0.1, 0.15) is 13.8 Å². The lowest BCUT2D eigenvalue weighted by Gasteiger charge is -2.15. The highest BCUT2D eigenvalue weighted by Gasteiger charge is 2.08. The van der Waals surface area contributed by atoms with Gasteiger partial charge in [0.25, 0.3) is 0 Å². The topological polar surface area (TPSA) is 129 Å². The van der Waals surface area contributed by atoms with Crippen LogP contribution < -0.4 is 10.1 Å². The van der Waals surface area contributed by atoms with Gasteiger partial charge < -0.3 is 25.4 Å². The van der Waals surface area contributed by atoms with E-state index in [-0.39, 0.29) is 6.61 Å². The van der Waals surface area contributed by atoms with Gasteiger partial charge in [-0.3, -0.25) is 0 Å². The van der Waals surface area contributed by atoms with Gasteiger partial charge in [-0.15, -0.1) is 0 Å². The Morgan fingerprint density at radius 3 is 2.37 bits per heavy atom. The minimum atomic E-state index is -1.26. The van der Waals surface area contributed by atoms with Crippen molar-refractivity contribution >= 4 is 22.7 Å². The number of aromatic nitrogens is 1. The van der Waals surface area contributed by atoms with Crippen LogP contribution in [0, 0.1) is 0 Å². The van der Waals surface area contributed by atoms with E-state index in [1.807, 2.05) is 44.2 Å². The minimum Gasteiger partial charge on any atom is -0.478 e. The molecular weight excluding hydrogens is 352 g/mol. The second kappa shape index (κ2) is 11.6. The van der Waals surface area contributed by atoms with Gasteiger partial charge >= 0.3 is 11.9 Å². The highest BCUT2D eigenvalue weighted by molar-refractivity contribution is 5.89. The Labute approximate surface area is 157 Å². The second-order valence-corrected chi connectivity index (χ2v) is 5.87. The van der Waals surface area contributed by atoms with E-state index >= 15 is 0 Å². The van der Waals surface area contributed by atoms with E-state index in [9.17, 15) is 14.7 Å². The number of hydrogen-bond donors (Lipinski definition) is 4. The summed E-state index contributed by atoms with van der Waals surface area (Å²) < 4.78 is 5.61. The summed E-state index contributed by atoms with van der Waals surface area (Å²) in [7, 11) is 0. The molecule has 0 bridgehead atoms.